The number of esters is 1. The zero-order chi connectivity index (χ0) is 34.7. The van der Waals surface area contributed by atoms with Gasteiger partial charge in [-0.1, -0.05) is 35.3 Å². The fraction of sp³-hybridized carbons (Fsp3) is 0.343. The van der Waals surface area contributed by atoms with Gasteiger partial charge in [0.15, 0.2) is 23.9 Å². The number of carbonyl (C=O) groups excluding carboxylic acids is 2. The molecular weight excluding hydrogens is 696 g/mol. The van der Waals surface area contributed by atoms with Gasteiger partial charge < -0.3 is 24.2 Å². The summed E-state index contributed by atoms with van der Waals surface area (Å²) in [5, 5.41) is 12.1. The molecule has 3 saturated heterocycles. The van der Waals surface area contributed by atoms with Crippen molar-refractivity contribution in [3.8, 4) is 11.5 Å². The monoisotopic (exact) mass is 729 g/mol. The first-order chi connectivity index (χ1) is 23.6. The summed E-state index contributed by atoms with van der Waals surface area (Å²) < 4.78 is 37.7. The van der Waals surface area contributed by atoms with Crippen LogP contribution in [0.4, 0.5) is 14.9 Å². The van der Waals surface area contributed by atoms with Gasteiger partial charge in [-0.05, 0) is 79.9 Å². The van der Waals surface area contributed by atoms with Crippen molar-refractivity contribution in [2.24, 2.45) is 5.92 Å². The molecule has 0 saturated carbocycles. The van der Waals surface area contributed by atoms with Gasteiger partial charge in [0.2, 0.25) is 0 Å². The molecule has 7 rings (SSSR count). The van der Waals surface area contributed by atoms with Gasteiger partial charge >= 0.3 is 12.1 Å². The molecule has 0 N–H and O–H groups in total. The van der Waals surface area contributed by atoms with Crippen LogP contribution in [0.3, 0.4) is 0 Å². The van der Waals surface area contributed by atoms with Crippen LogP contribution >= 0.6 is 34.5 Å². The summed E-state index contributed by atoms with van der Waals surface area (Å²) in [7, 11) is 3.01. The number of anilines is 1. The lowest BCUT2D eigenvalue weighted by atomic mass is 9.86. The third kappa shape index (κ3) is 8.04. The molecule has 10 nitrogen and oxygen atoms in total. The number of fused-ring (bicyclic) bond motifs is 3. The molecule has 0 radical (unpaired) electrons. The lowest BCUT2D eigenvalue weighted by Gasteiger charge is -2.44. The highest BCUT2D eigenvalue weighted by atomic mass is 35.5. The summed E-state index contributed by atoms with van der Waals surface area (Å²) in [5.74, 6) is 0.0810. The van der Waals surface area contributed by atoms with E-state index in [1.807, 2.05) is 0 Å². The van der Waals surface area contributed by atoms with Gasteiger partial charge in [0.25, 0.3) is 0 Å². The minimum atomic E-state index is -0.893. The molecule has 0 spiro atoms. The summed E-state index contributed by atoms with van der Waals surface area (Å²) in [5.41, 5.74) is 1.33. The topological polar surface area (TPSA) is 104 Å². The minimum absolute atomic E-state index is 0.0465. The lowest BCUT2D eigenvalue weighted by molar-refractivity contribution is -0.605. The number of rotatable bonds is 11. The molecule has 3 aliphatic rings. The van der Waals surface area contributed by atoms with Crippen LogP contribution in [-0.2, 0) is 22.4 Å². The number of benzene rings is 2. The molecule has 0 unspecified atom stereocenters. The van der Waals surface area contributed by atoms with Gasteiger partial charge in [-0.25, -0.2) is 14.0 Å². The normalized spacial score (nSPS) is 18.8. The van der Waals surface area contributed by atoms with Crippen molar-refractivity contribution in [1.29, 1.82) is 0 Å². The van der Waals surface area contributed by atoms with E-state index in [2.05, 4.69) is 4.90 Å². The van der Waals surface area contributed by atoms with Crippen molar-refractivity contribution in [3.05, 3.63) is 109 Å². The number of ether oxygens (including phenoxy) is 4. The molecule has 49 heavy (non-hydrogen) atoms. The van der Waals surface area contributed by atoms with Gasteiger partial charge in [-0.3, -0.25) is 9.80 Å². The molecule has 3 fully saturated rings. The van der Waals surface area contributed by atoms with Crippen molar-refractivity contribution in [3.63, 3.8) is 0 Å². The summed E-state index contributed by atoms with van der Waals surface area (Å²) >= 11 is 13.9. The van der Waals surface area contributed by atoms with Gasteiger partial charge in [-0.15, -0.1) is 11.3 Å². The number of piperidine rings is 3. The van der Waals surface area contributed by atoms with Crippen molar-refractivity contribution in [2.45, 2.75) is 38.0 Å². The average molecular weight is 731 g/mol. The smallest absolute Gasteiger partial charge is 0.414 e. The zero-order valence-corrected chi connectivity index (χ0v) is 29.1. The van der Waals surface area contributed by atoms with Gasteiger partial charge in [0.05, 0.1) is 26.5 Å². The Morgan fingerprint density at radius 3 is 2.43 bits per heavy atom. The summed E-state index contributed by atoms with van der Waals surface area (Å²) in [6.07, 6.45) is 2.64. The SMILES string of the molecule is COc1ccc([C@H](Cc2c(Cl)c[n+]([O-])cc2Cl)OC(=O)c2ccc(CN(C(=O)O[C@H]3CN4CCC3CC4)c3cccc(F)c3)s2)cc1OC. The van der Waals surface area contributed by atoms with Crippen LogP contribution in [0.2, 0.25) is 10.0 Å². The third-order valence-corrected chi connectivity index (χ3v) is 10.5. The number of hydrogen-bond acceptors (Lipinski definition) is 9. The van der Waals surface area contributed by atoms with Crippen molar-refractivity contribution in [1.82, 2.24) is 4.90 Å². The first-order valence-electron chi connectivity index (χ1n) is 15.7. The van der Waals surface area contributed by atoms with Crippen LogP contribution in [0, 0.1) is 16.9 Å². The van der Waals surface area contributed by atoms with E-state index in [9.17, 15) is 19.2 Å². The standard InChI is InChI=1S/C35H34Cl2FN3O7S/c1-45-29-8-6-22(14-31(29)46-2)30(16-26-27(36)18-40(44)19-28(26)37)47-34(42)33-9-7-25(49-33)17-41(24-5-3-4-23(38)15-24)35(43)48-32-20-39-12-10-21(32)11-13-39/h3-9,14-15,18-19,21,30,32H,10-13,16-17,20H2,1-2H3/t30-,32-/m0/s1. The van der Waals surface area contributed by atoms with E-state index in [-0.39, 0.29) is 34.0 Å². The Bertz CT molecular complexity index is 1810. The van der Waals surface area contributed by atoms with Crippen molar-refractivity contribution < 1.29 is 37.7 Å². The molecule has 258 valence electrons. The maximum atomic E-state index is 14.3. The van der Waals surface area contributed by atoms with E-state index in [0.29, 0.717) is 50.4 Å². The second-order valence-corrected chi connectivity index (χ2v) is 13.9. The van der Waals surface area contributed by atoms with Crippen LogP contribution in [0.25, 0.3) is 0 Å². The number of halogens is 3. The van der Waals surface area contributed by atoms with E-state index in [0.717, 1.165) is 37.3 Å². The van der Waals surface area contributed by atoms with Crippen molar-refractivity contribution >= 4 is 52.3 Å². The summed E-state index contributed by atoms with van der Waals surface area (Å²) in [6, 6.07) is 14.2. The predicted molar refractivity (Wildman–Crippen MR) is 183 cm³/mol. The number of methoxy groups -OCH3 is 2. The molecule has 2 bridgehead atoms. The van der Waals surface area contributed by atoms with Gasteiger partial charge in [-0.2, -0.15) is 4.73 Å². The first kappa shape index (κ1) is 34.8. The van der Waals surface area contributed by atoms with Crippen LogP contribution in [0.15, 0.2) is 67.0 Å². The molecule has 4 aromatic rings. The lowest BCUT2D eigenvalue weighted by Crippen LogP contribution is -2.53. The quantitative estimate of drug-likeness (QED) is 0.0906. The molecule has 0 aliphatic carbocycles. The van der Waals surface area contributed by atoms with Crippen LogP contribution in [0.5, 0.6) is 11.5 Å². The van der Waals surface area contributed by atoms with Crippen LogP contribution in [-0.4, -0.2) is 56.9 Å². The Morgan fingerprint density at radius 2 is 1.78 bits per heavy atom. The second kappa shape index (κ2) is 15.2. The van der Waals surface area contributed by atoms with E-state index >= 15 is 0 Å². The Labute approximate surface area is 297 Å². The van der Waals surface area contributed by atoms with E-state index in [4.69, 9.17) is 42.1 Å². The molecule has 3 aliphatic heterocycles. The Hall–Kier alpha value is -4.10. The fourth-order valence-electron chi connectivity index (χ4n) is 6.25. The fourth-order valence-corrected chi connectivity index (χ4v) is 7.73. The number of pyridine rings is 1. The largest absolute Gasteiger partial charge is 0.619 e. The molecule has 5 heterocycles. The first-order valence-corrected chi connectivity index (χ1v) is 17.2. The van der Waals surface area contributed by atoms with Gasteiger partial charge in [0.1, 0.15) is 32.9 Å². The molecule has 2 atom stereocenters. The second-order valence-electron chi connectivity index (χ2n) is 11.9. The van der Waals surface area contributed by atoms with Crippen LogP contribution in [0.1, 0.15) is 44.6 Å². The molecular formula is C35H34Cl2FN3O7S. The highest BCUT2D eigenvalue weighted by Gasteiger charge is 2.37. The molecule has 2 aromatic carbocycles. The predicted octanol–water partition coefficient (Wildman–Crippen LogP) is 7.22. The molecule has 1 amide bonds. The van der Waals surface area contributed by atoms with E-state index in [1.165, 1.54) is 49.7 Å². The Balaban J connectivity index is 1.23. The number of thiophene rings is 1. The summed E-state index contributed by atoms with van der Waals surface area (Å²) in [4.78, 5) is 31.9. The average Bonchev–Trinajstić information content (AvgIpc) is 3.57. The number of amides is 1. The minimum Gasteiger partial charge on any atom is -0.619 e. The zero-order valence-electron chi connectivity index (χ0n) is 26.8. The highest BCUT2D eigenvalue weighted by molar-refractivity contribution is 7.14. The molecule has 14 heteroatoms. The highest BCUT2D eigenvalue weighted by Crippen LogP contribution is 2.36. The maximum Gasteiger partial charge on any atom is 0.414 e. The number of hydrogen-bond donors (Lipinski definition) is 0. The Morgan fingerprint density at radius 1 is 1.04 bits per heavy atom. The van der Waals surface area contributed by atoms with Gasteiger partial charge in [0, 0.05) is 23.4 Å². The van der Waals surface area contributed by atoms with E-state index < -0.39 is 24.0 Å². The van der Waals surface area contributed by atoms with Crippen molar-refractivity contribution in [2.75, 3.05) is 38.8 Å². The third-order valence-electron chi connectivity index (χ3n) is 8.84. The number of aromatic nitrogens is 1. The summed E-state index contributed by atoms with van der Waals surface area (Å²) in [6.45, 7) is 2.72. The number of carbonyl (C=O) groups is 2. The Kier molecular flexibility index (Phi) is 10.8. The van der Waals surface area contributed by atoms with Crippen LogP contribution < -0.4 is 19.1 Å². The van der Waals surface area contributed by atoms with E-state index in [1.54, 1.807) is 36.4 Å². The maximum absolute atomic E-state index is 14.3. The molecule has 2 aromatic heterocycles. The number of nitrogens with zero attached hydrogens (tertiary/aromatic N) is 3.